The van der Waals surface area contributed by atoms with Gasteiger partial charge in [-0.3, -0.25) is 9.13 Å². The molecule has 1 fully saturated rings. The van der Waals surface area contributed by atoms with Crippen LogP contribution in [0.25, 0.3) is 39.4 Å². The number of ether oxygens (including phenoxy) is 1. The molecule has 0 aliphatic carbocycles. The van der Waals surface area contributed by atoms with Crippen molar-refractivity contribution in [2.24, 2.45) is 0 Å². The number of nitrogens with zero attached hydrogens (tertiary/aromatic N) is 6. The average Bonchev–Trinajstić information content (AvgIpc) is 3.44. The highest BCUT2D eigenvalue weighted by atomic mass is 19.1. The minimum Gasteiger partial charge on any atom is -0.381 e. The molecule has 174 valence electrons. The number of hydrogen-bond acceptors (Lipinski definition) is 6. The number of H-pyrrole nitrogens is 1. The molecule has 0 saturated carbocycles. The van der Waals surface area contributed by atoms with E-state index in [2.05, 4.69) is 16.0 Å². The second kappa shape index (κ2) is 8.45. The predicted molar refractivity (Wildman–Crippen MR) is 127 cm³/mol. The standard InChI is InChI=1S/C25H20FN7O2/c26-17-5-6-19-20(13-17)32(14-28-19)24-29-21(16-3-1-15(2-4-16)7-10-27)22-23(31-24)33(25(34)30-22)18-8-11-35-12-9-18/h1-6,13-14,18H,7-9,11-12H2,(H,30,34). The number of aromatic nitrogens is 6. The maximum Gasteiger partial charge on any atom is 0.327 e. The molecular weight excluding hydrogens is 449 g/mol. The highest BCUT2D eigenvalue weighted by Gasteiger charge is 2.24. The maximum absolute atomic E-state index is 14.1. The third-order valence-electron chi connectivity index (χ3n) is 6.35. The van der Waals surface area contributed by atoms with Crippen molar-refractivity contribution < 1.29 is 9.13 Å². The van der Waals surface area contributed by atoms with Gasteiger partial charge in [0.2, 0.25) is 5.95 Å². The Bertz CT molecular complexity index is 1650. The van der Waals surface area contributed by atoms with Gasteiger partial charge in [-0.1, -0.05) is 24.3 Å². The van der Waals surface area contributed by atoms with Crippen LogP contribution in [0.1, 0.15) is 24.4 Å². The van der Waals surface area contributed by atoms with Crippen molar-refractivity contribution in [3.63, 3.8) is 0 Å². The Kier molecular flexibility index (Phi) is 5.12. The number of nitrogens with one attached hydrogen (secondary N) is 1. The van der Waals surface area contributed by atoms with E-state index in [0.717, 1.165) is 11.1 Å². The molecule has 10 heteroatoms. The quantitative estimate of drug-likeness (QED) is 0.429. The van der Waals surface area contributed by atoms with Gasteiger partial charge in [0.15, 0.2) is 5.65 Å². The van der Waals surface area contributed by atoms with E-state index in [0.29, 0.717) is 60.4 Å². The molecule has 1 aliphatic heterocycles. The molecule has 9 nitrogen and oxygen atoms in total. The van der Waals surface area contributed by atoms with E-state index >= 15 is 0 Å². The number of halogens is 1. The van der Waals surface area contributed by atoms with Crippen LogP contribution >= 0.6 is 0 Å². The zero-order valence-electron chi connectivity index (χ0n) is 18.6. The molecule has 5 aromatic rings. The Morgan fingerprint density at radius 3 is 2.71 bits per heavy atom. The van der Waals surface area contributed by atoms with Gasteiger partial charge in [0, 0.05) is 30.9 Å². The van der Waals surface area contributed by atoms with E-state index in [1.165, 1.54) is 12.1 Å². The lowest BCUT2D eigenvalue weighted by molar-refractivity contribution is 0.0697. The topological polar surface area (TPSA) is 114 Å². The Balaban J connectivity index is 1.61. The number of fused-ring (bicyclic) bond motifs is 2. The number of benzene rings is 2. The van der Waals surface area contributed by atoms with Gasteiger partial charge >= 0.3 is 5.69 Å². The molecule has 6 rings (SSSR count). The van der Waals surface area contributed by atoms with Crippen molar-refractivity contribution in [3.05, 3.63) is 70.7 Å². The molecule has 2 aromatic carbocycles. The fraction of sp³-hybridized carbons (Fsp3) is 0.240. The third kappa shape index (κ3) is 3.66. The summed E-state index contributed by atoms with van der Waals surface area (Å²) in [6.07, 6.45) is 3.25. The van der Waals surface area contributed by atoms with Crippen LogP contribution < -0.4 is 5.69 Å². The third-order valence-corrected chi connectivity index (χ3v) is 6.35. The Hall–Kier alpha value is -4.36. The summed E-state index contributed by atoms with van der Waals surface area (Å²) in [5, 5.41) is 9.00. The first kappa shape index (κ1) is 21.2. The summed E-state index contributed by atoms with van der Waals surface area (Å²) in [6.45, 7) is 1.14. The first-order chi connectivity index (χ1) is 17.1. The first-order valence-corrected chi connectivity index (χ1v) is 11.3. The van der Waals surface area contributed by atoms with Crippen LogP contribution in [-0.4, -0.2) is 42.3 Å². The van der Waals surface area contributed by atoms with Crippen LogP contribution in [-0.2, 0) is 11.2 Å². The van der Waals surface area contributed by atoms with Crippen LogP contribution in [0, 0.1) is 17.1 Å². The van der Waals surface area contributed by atoms with Crippen molar-refractivity contribution >= 4 is 22.2 Å². The van der Waals surface area contributed by atoms with Gasteiger partial charge in [-0.25, -0.2) is 19.2 Å². The van der Waals surface area contributed by atoms with Gasteiger partial charge in [-0.15, -0.1) is 0 Å². The largest absolute Gasteiger partial charge is 0.381 e. The molecule has 4 heterocycles. The van der Waals surface area contributed by atoms with Crippen LogP contribution in [0.3, 0.4) is 0 Å². The maximum atomic E-state index is 14.1. The van der Waals surface area contributed by atoms with Crippen LogP contribution in [0.5, 0.6) is 0 Å². The number of aromatic amines is 1. The monoisotopic (exact) mass is 469 g/mol. The summed E-state index contributed by atoms with van der Waals surface area (Å²) in [7, 11) is 0. The molecule has 0 radical (unpaired) electrons. The predicted octanol–water partition coefficient (Wildman–Crippen LogP) is 3.68. The fourth-order valence-corrected chi connectivity index (χ4v) is 4.60. The number of imidazole rings is 2. The van der Waals surface area contributed by atoms with Crippen LogP contribution in [0.4, 0.5) is 4.39 Å². The summed E-state index contributed by atoms with van der Waals surface area (Å²) >= 11 is 0. The minimum absolute atomic E-state index is 0.0596. The zero-order chi connectivity index (χ0) is 23.9. The van der Waals surface area contributed by atoms with E-state index in [9.17, 15) is 9.18 Å². The molecule has 1 aliphatic rings. The lowest BCUT2D eigenvalue weighted by Crippen LogP contribution is -2.27. The van der Waals surface area contributed by atoms with E-state index in [1.54, 1.807) is 21.5 Å². The van der Waals surface area contributed by atoms with Gasteiger partial charge in [0.25, 0.3) is 0 Å². The van der Waals surface area contributed by atoms with Gasteiger partial charge in [-0.05, 0) is 30.5 Å². The van der Waals surface area contributed by atoms with Crippen molar-refractivity contribution in [1.82, 2.24) is 29.1 Å². The smallest absolute Gasteiger partial charge is 0.327 e. The summed E-state index contributed by atoms with van der Waals surface area (Å²) in [6, 6.07) is 13.9. The van der Waals surface area contributed by atoms with E-state index in [4.69, 9.17) is 20.0 Å². The molecule has 0 amide bonds. The van der Waals surface area contributed by atoms with E-state index in [1.807, 2.05) is 24.3 Å². The van der Waals surface area contributed by atoms with Crippen molar-refractivity contribution in [1.29, 1.82) is 5.26 Å². The molecule has 1 N–H and O–H groups in total. The van der Waals surface area contributed by atoms with Crippen molar-refractivity contribution in [3.8, 4) is 23.3 Å². The number of nitriles is 1. The Labute approximate surface area is 198 Å². The molecule has 1 saturated heterocycles. The molecule has 0 bridgehead atoms. The van der Waals surface area contributed by atoms with Gasteiger partial charge < -0.3 is 9.72 Å². The van der Waals surface area contributed by atoms with Crippen molar-refractivity contribution in [2.75, 3.05) is 13.2 Å². The molecular formula is C25H20FN7O2. The normalized spacial score (nSPS) is 14.5. The number of rotatable bonds is 4. The minimum atomic E-state index is -0.394. The Morgan fingerprint density at radius 1 is 1.14 bits per heavy atom. The second-order valence-corrected chi connectivity index (χ2v) is 8.49. The SMILES string of the molecule is N#CCc1ccc(-c2nc(-n3cnc4ccc(F)cc43)nc3c2[nH]c(=O)n3C2CCOCC2)cc1. The second-order valence-electron chi connectivity index (χ2n) is 8.49. The highest BCUT2D eigenvalue weighted by molar-refractivity contribution is 5.88. The number of hydrogen-bond donors (Lipinski definition) is 1. The summed E-state index contributed by atoms with van der Waals surface area (Å²) in [4.78, 5) is 30.0. The van der Waals surface area contributed by atoms with E-state index in [-0.39, 0.29) is 17.7 Å². The molecule has 0 spiro atoms. The van der Waals surface area contributed by atoms with Crippen LogP contribution in [0.2, 0.25) is 0 Å². The highest BCUT2D eigenvalue weighted by Crippen LogP contribution is 2.30. The molecule has 35 heavy (non-hydrogen) atoms. The lowest BCUT2D eigenvalue weighted by Gasteiger charge is -2.23. The lowest BCUT2D eigenvalue weighted by atomic mass is 10.1. The van der Waals surface area contributed by atoms with Gasteiger partial charge in [0.1, 0.15) is 23.4 Å². The molecule has 0 atom stereocenters. The fourth-order valence-electron chi connectivity index (χ4n) is 4.60. The van der Waals surface area contributed by atoms with Crippen LogP contribution in [0.15, 0.2) is 53.6 Å². The van der Waals surface area contributed by atoms with Crippen molar-refractivity contribution in [2.45, 2.75) is 25.3 Å². The van der Waals surface area contributed by atoms with Gasteiger partial charge in [0.05, 0.1) is 23.5 Å². The average molecular weight is 469 g/mol. The Morgan fingerprint density at radius 2 is 1.94 bits per heavy atom. The zero-order valence-corrected chi connectivity index (χ0v) is 18.6. The van der Waals surface area contributed by atoms with Gasteiger partial charge in [-0.2, -0.15) is 10.2 Å². The summed E-state index contributed by atoms with van der Waals surface area (Å²) in [5.41, 5.74) is 4.04. The molecule has 3 aromatic heterocycles. The molecule has 0 unspecified atom stereocenters. The first-order valence-electron chi connectivity index (χ1n) is 11.3. The summed E-state index contributed by atoms with van der Waals surface area (Å²) in [5.74, 6) is -0.115. The van der Waals surface area contributed by atoms with E-state index < -0.39 is 5.82 Å². The summed E-state index contributed by atoms with van der Waals surface area (Å²) < 4.78 is 22.8.